The molecule has 0 aliphatic heterocycles. The predicted octanol–water partition coefficient (Wildman–Crippen LogP) is 1.02. The SMILES string of the molecule is C[NH+](C)CCOC1/C=C\C2=C(CCC=C2)Cc2ccccc21.O=C([O-])/C=C\C(=O)O. The van der Waals surface area contributed by atoms with E-state index in [1.54, 1.807) is 5.57 Å². The molecule has 1 atom stereocenters. The minimum absolute atomic E-state index is 0.0694. The molecule has 0 saturated heterocycles. The van der Waals surface area contributed by atoms with Crippen LogP contribution >= 0.6 is 0 Å². The third-order valence-corrected chi connectivity index (χ3v) is 4.80. The number of carbonyl (C=O) groups excluding carboxylic acids is 1. The number of likely N-dealkylation sites (N-methyl/N-ethyl adjacent to an activating group) is 1. The highest BCUT2D eigenvalue weighted by Gasteiger charge is 2.18. The predicted molar refractivity (Wildman–Crippen MR) is 113 cm³/mol. The number of nitrogens with one attached hydrogen (secondary N) is 1. The number of hydrogen-bond donors (Lipinski definition) is 2. The van der Waals surface area contributed by atoms with Gasteiger partial charge in [-0.15, -0.1) is 0 Å². The Hall–Kier alpha value is -2.96. The standard InChI is InChI=1S/C20H25NO.C4H4O4/c1-21(2)13-14-22-20-12-11-16-7-3-4-8-17(16)15-18-9-5-6-10-19(18)20;5-3(6)1-2-4(7)8/h3,5-7,9-12,20H,4,8,13-15H2,1-2H3;1-2H,(H,5,6)(H,7,8)/b12-11-;2-1-. The first kappa shape index (κ1) is 23.3. The van der Waals surface area contributed by atoms with Crippen LogP contribution in [-0.4, -0.2) is 44.3 Å². The first-order valence-electron chi connectivity index (χ1n) is 10.0. The van der Waals surface area contributed by atoms with Gasteiger partial charge in [-0.2, -0.15) is 0 Å². The van der Waals surface area contributed by atoms with Gasteiger partial charge in [0, 0.05) is 6.08 Å². The van der Waals surface area contributed by atoms with Crippen LogP contribution < -0.4 is 10.0 Å². The van der Waals surface area contributed by atoms with Crippen molar-refractivity contribution in [1.29, 1.82) is 0 Å². The Morgan fingerprint density at radius 1 is 1.23 bits per heavy atom. The van der Waals surface area contributed by atoms with Crippen LogP contribution in [0.5, 0.6) is 0 Å². The lowest BCUT2D eigenvalue weighted by atomic mass is 9.87. The molecule has 1 aromatic carbocycles. The highest BCUT2D eigenvalue weighted by atomic mass is 16.5. The molecule has 2 aliphatic rings. The Morgan fingerprint density at radius 2 is 2.00 bits per heavy atom. The molecular weight excluding hydrogens is 382 g/mol. The number of fused-ring (bicyclic) bond motifs is 1. The summed E-state index contributed by atoms with van der Waals surface area (Å²) in [7, 11) is 4.32. The first-order chi connectivity index (χ1) is 14.4. The van der Waals surface area contributed by atoms with E-state index < -0.39 is 11.9 Å². The Labute approximate surface area is 177 Å². The van der Waals surface area contributed by atoms with E-state index >= 15 is 0 Å². The molecule has 3 rings (SSSR count). The van der Waals surface area contributed by atoms with Gasteiger partial charge in [0.25, 0.3) is 0 Å². The quantitative estimate of drug-likeness (QED) is 0.682. The van der Waals surface area contributed by atoms with Crippen molar-refractivity contribution in [3.63, 3.8) is 0 Å². The summed E-state index contributed by atoms with van der Waals surface area (Å²) in [6.07, 6.45) is 13.4. The summed E-state index contributed by atoms with van der Waals surface area (Å²) in [4.78, 5) is 20.4. The third kappa shape index (κ3) is 7.81. The number of hydrogen-bond acceptors (Lipinski definition) is 4. The molecule has 6 heteroatoms. The molecule has 0 bridgehead atoms. The summed E-state index contributed by atoms with van der Waals surface area (Å²) in [6.45, 7) is 1.81. The van der Waals surface area contributed by atoms with E-state index in [1.807, 2.05) is 0 Å². The minimum Gasteiger partial charge on any atom is -0.545 e. The van der Waals surface area contributed by atoms with E-state index in [1.165, 1.54) is 34.4 Å². The van der Waals surface area contributed by atoms with Crippen molar-refractivity contribution in [2.75, 3.05) is 27.2 Å². The molecule has 1 aromatic rings. The zero-order valence-corrected chi connectivity index (χ0v) is 17.5. The molecule has 0 radical (unpaired) electrons. The van der Waals surface area contributed by atoms with Gasteiger partial charge in [-0.3, -0.25) is 0 Å². The van der Waals surface area contributed by atoms with Gasteiger partial charge in [0.05, 0.1) is 26.7 Å². The number of aliphatic carboxylic acids is 2. The average Bonchev–Trinajstić information content (AvgIpc) is 2.69. The molecule has 0 fully saturated rings. The van der Waals surface area contributed by atoms with Crippen LogP contribution in [-0.2, 0) is 20.7 Å². The fourth-order valence-corrected chi connectivity index (χ4v) is 3.27. The van der Waals surface area contributed by atoms with Crippen LogP contribution in [0.25, 0.3) is 0 Å². The lowest BCUT2D eigenvalue weighted by Gasteiger charge is -2.23. The molecule has 0 aromatic heterocycles. The summed E-state index contributed by atoms with van der Waals surface area (Å²) >= 11 is 0. The van der Waals surface area contributed by atoms with E-state index in [2.05, 4.69) is 62.7 Å². The van der Waals surface area contributed by atoms with Crippen LogP contribution in [0, 0.1) is 0 Å². The highest BCUT2D eigenvalue weighted by molar-refractivity contribution is 5.88. The monoisotopic (exact) mass is 411 g/mol. The van der Waals surface area contributed by atoms with Crippen molar-refractivity contribution >= 4 is 11.9 Å². The van der Waals surface area contributed by atoms with E-state index in [-0.39, 0.29) is 6.10 Å². The van der Waals surface area contributed by atoms with Crippen LogP contribution in [0.2, 0.25) is 0 Å². The van der Waals surface area contributed by atoms with Crippen molar-refractivity contribution in [2.24, 2.45) is 0 Å². The number of ether oxygens (including phenoxy) is 1. The molecule has 0 spiro atoms. The topological polar surface area (TPSA) is 91.1 Å². The molecule has 30 heavy (non-hydrogen) atoms. The summed E-state index contributed by atoms with van der Waals surface area (Å²) in [5.41, 5.74) is 5.68. The maximum Gasteiger partial charge on any atom is 0.328 e. The second-order valence-corrected chi connectivity index (χ2v) is 7.47. The van der Waals surface area contributed by atoms with Gasteiger partial charge in [-0.05, 0) is 42.0 Å². The number of carbonyl (C=O) groups is 2. The zero-order chi connectivity index (χ0) is 21.9. The van der Waals surface area contributed by atoms with Crippen LogP contribution in [0.3, 0.4) is 0 Å². The van der Waals surface area contributed by atoms with Crippen molar-refractivity contribution in [2.45, 2.75) is 25.4 Å². The highest BCUT2D eigenvalue weighted by Crippen LogP contribution is 2.32. The number of allylic oxidation sites excluding steroid dienone is 5. The molecule has 6 nitrogen and oxygen atoms in total. The van der Waals surface area contributed by atoms with Crippen molar-refractivity contribution in [3.05, 3.63) is 83.0 Å². The molecule has 2 N–H and O–H groups in total. The largest absolute Gasteiger partial charge is 0.545 e. The molecule has 0 amide bonds. The Bertz CT molecular complexity index is 848. The Balaban J connectivity index is 0.000000343. The fraction of sp³-hybridized carbons (Fsp3) is 0.333. The van der Waals surface area contributed by atoms with Crippen molar-refractivity contribution < 1.29 is 29.4 Å². The van der Waals surface area contributed by atoms with E-state index in [4.69, 9.17) is 9.84 Å². The second-order valence-electron chi connectivity index (χ2n) is 7.47. The number of benzene rings is 1. The van der Waals surface area contributed by atoms with Crippen molar-refractivity contribution in [3.8, 4) is 0 Å². The molecule has 2 aliphatic carbocycles. The van der Waals surface area contributed by atoms with Gasteiger partial charge in [-0.25, -0.2) is 4.79 Å². The second kappa shape index (κ2) is 11.9. The van der Waals surface area contributed by atoms with Gasteiger partial charge in [0.15, 0.2) is 0 Å². The maximum atomic E-state index is 9.53. The Morgan fingerprint density at radius 3 is 2.67 bits per heavy atom. The third-order valence-electron chi connectivity index (χ3n) is 4.80. The van der Waals surface area contributed by atoms with E-state index in [0.717, 1.165) is 19.6 Å². The molecule has 0 saturated carbocycles. The summed E-state index contributed by atoms with van der Waals surface area (Å²) in [6, 6.07) is 8.74. The number of carboxylic acids is 2. The average molecular weight is 411 g/mol. The van der Waals surface area contributed by atoms with Gasteiger partial charge >= 0.3 is 5.97 Å². The van der Waals surface area contributed by atoms with Crippen LogP contribution in [0.15, 0.2) is 71.9 Å². The summed E-state index contributed by atoms with van der Waals surface area (Å²) < 4.78 is 6.18. The van der Waals surface area contributed by atoms with Crippen LogP contribution in [0.4, 0.5) is 0 Å². The molecule has 1 unspecified atom stereocenters. The number of quaternary nitrogens is 1. The van der Waals surface area contributed by atoms with Gasteiger partial charge in [0.1, 0.15) is 12.6 Å². The zero-order valence-electron chi connectivity index (χ0n) is 17.5. The number of rotatable bonds is 6. The van der Waals surface area contributed by atoms with Crippen LogP contribution in [0.1, 0.15) is 30.1 Å². The lowest BCUT2D eigenvalue weighted by Crippen LogP contribution is -3.06. The van der Waals surface area contributed by atoms with Crippen molar-refractivity contribution in [1.82, 2.24) is 0 Å². The summed E-state index contributed by atoms with van der Waals surface area (Å²) in [5, 5.41) is 17.2. The molecular formula is C24H29NO5. The Kier molecular flexibility index (Phi) is 9.25. The maximum absolute atomic E-state index is 9.53. The molecule has 160 valence electrons. The first-order valence-corrected chi connectivity index (χ1v) is 10.0. The smallest absolute Gasteiger partial charge is 0.328 e. The van der Waals surface area contributed by atoms with Gasteiger partial charge < -0.3 is 24.6 Å². The van der Waals surface area contributed by atoms with E-state index in [9.17, 15) is 14.7 Å². The fourth-order valence-electron chi connectivity index (χ4n) is 3.27. The van der Waals surface area contributed by atoms with E-state index in [0.29, 0.717) is 12.2 Å². The number of carboxylic acid groups (broad SMARTS) is 2. The summed E-state index contributed by atoms with van der Waals surface area (Å²) in [5.74, 6) is -2.80. The van der Waals surface area contributed by atoms with Gasteiger partial charge in [-0.1, -0.05) is 54.1 Å². The minimum atomic E-state index is -1.51. The molecule has 0 heterocycles. The normalized spacial score (nSPS) is 18.7. The van der Waals surface area contributed by atoms with Gasteiger partial charge in [0.2, 0.25) is 0 Å². The lowest BCUT2D eigenvalue weighted by molar-refractivity contribution is -0.858.